The number of para-hydroxylation sites is 1. The van der Waals surface area contributed by atoms with Gasteiger partial charge in [0, 0.05) is 5.69 Å². The molecule has 138 valence electrons. The van der Waals surface area contributed by atoms with E-state index in [0.717, 1.165) is 5.56 Å². The van der Waals surface area contributed by atoms with E-state index in [4.69, 9.17) is 9.47 Å². The smallest absolute Gasteiger partial charge is 0.311 e. The molecule has 2 atom stereocenters. The lowest BCUT2D eigenvalue weighted by atomic mass is 9.93. The molecule has 1 spiro atoms. The summed E-state index contributed by atoms with van der Waals surface area (Å²) in [6.45, 7) is 0.361. The molecule has 1 saturated carbocycles. The zero-order valence-electron chi connectivity index (χ0n) is 15.0. The maximum absolute atomic E-state index is 13.5. The predicted molar refractivity (Wildman–Crippen MR) is 96.8 cm³/mol. The summed E-state index contributed by atoms with van der Waals surface area (Å²) in [4.78, 5) is 39.9. The van der Waals surface area contributed by atoms with Crippen LogP contribution >= 0.6 is 0 Å². The number of nitrogens with zero attached hydrogens (tertiary/aromatic N) is 1. The number of carbonyl (C=O) groups excluding carboxylic acids is 3. The fourth-order valence-electron chi connectivity index (χ4n) is 4.32. The first-order chi connectivity index (χ1) is 13.1. The van der Waals surface area contributed by atoms with E-state index in [1.165, 1.54) is 14.2 Å². The van der Waals surface area contributed by atoms with Gasteiger partial charge in [-0.3, -0.25) is 14.4 Å². The van der Waals surface area contributed by atoms with E-state index >= 15 is 0 Å². The number of anilines is 1. The summed E-state index contributed by atoms with van der Waals surface area (Å²) in [5, 5.41) is 0. The summed E-state index contributed by atoms with van der Waals surface area (Å²) in [6.07, 6.45) is 0. The standard InChI is InChI=1S/C21H19NO5/c1-26-18(23)16-17(19(24)27-2)21(16)14-10-6-7-11-15(14)22(20(21)25)12-13-8-4-3-5-9-13/h3-11,16-17H,12H2,1-2H3/t16-,17-/m0/s1. The molecular formula is C21H19NO5. The molecule has 1 heterocycles. The Kier molecular flexibility index (Phi) is 3.98. The number of fused-ring (bicyclic) bond motifs is 2. The van der Waals surface area contributed by atoms with Crippen molar-refractivity contribution in [2.75, 3.05) is 19.1 Å². The molecular weight excluding hydrogens is 346 g/mol. The molecule has 0 aromatic heterocycles. The molecule has 1 aliphatic carbocycles. The van der Waals surface area contributed by atoms with Crippen molar-refractivity contribution < 1.29 is 23.9 Å². The molecule has 0 unspecified atom stereocenters. The summed E-state index contributed by atoms with van der Waals surface area (Å²) in [5.41, 5.74) is 1.11. The van der Waals surface area contributed by atoms with Gasteiger partial charge < -0.3 is 14.4 Å². The topological polar surface area (TPSA) is 72.9 Å². The van der Waals surface area contributed by atoms with Gasteiger partial charge in [0.2, 0.25) is 5.91 Å². The molecule has 4 rings (SSSR count). The predicted octanol–water partition coefficient (Wildman–Crippen LogP) is 2.06. The van der Waals surface area contributed by atoms with Gasteiger partial charge in [0.05, 0.1) is 32.6 Å². The Morgan fingerprint density at radius 3 is 2.07 bits per heavy atom. The first-order valence-electron chi connectivity index (χ1n) is 8.68. The van der Waals surface area contributed by atoms with Gasteiger partial charge in [-0.2, -0.15) is 0 Å². The first-order valence-corrected chi connectivity index (χ1v) is 8.68. The third-order valence-electron chi connectivity index (χ3n) is 5.54. The highest BCUT2D eigenvalue weighted by Crippen LogP contribution is 2.66. The van der Waals surface area contributed by atoms with Gasteiger partial charge in [-0.05, 0) is 17.2 Å². The molecule has 1 fully saturated rings. The van der Waals surface area contributed by atoms with Gasteiger partial charge in [-0.25, -0.2) is 0 Å². The van der Waals surface area contributed by atoms with Crippen molar-refractivity contribution >= 4 is 23.5 Å². The molecule has 2 aromatic carbocycles. The van der Waals surface area contributed by atoms with Crippen LogP contribution in [0.5, 0.6) is 0 Å². The van der Waals surface area contributed by atoms with Crippen LogP contribution in [0.1, 0.15) is 11.1 Å². The lowest BCUT2D eigenvalue weighted by Gasteiger charge is -2.18. The van der Waals surface area contributed by atoms with Crippen LogP contribution in [0.15, 0.2) is 54.6 Å². The first kappa shape index (κ1) is 17.3. The Labute approximate surface area is 156 Å². The number of benzene rings is 2. The SMILES string of the molecule is COC(=O)[C@@H]1[C@@H](C(=O)OC)C12C(=O)N(Cc1ccccc1)c1ccccc12. The lowest BCUT2D eigenvalue weighted by Crippen LogP contribution is -2.35. The maximum Gasteiger partial charge on any atom is 0.311 e. The maximum atomic E-state index is 13.5. The molecule has 6 nitrogen and oxygen atoms in total. The summed E-state index contributed by atoms with van der Waals surface area (Å²) >= 11 is 0. The second kappa shape index (κ2) is 6.23. The normalized spacial score (nSPS) is 25.3. The third kappa shape index (κ3) is 2.29. The number of hydrogen-bond acceptors (Lipinski definition) is 5. The van der Waals surface area contributed by atoms with Gasteiger partial charge in [0.15, 0.2) is 0 Å². The van der Waals surface area contributed by atoms with Crippen molar-refractivity contribution in [1.29, 1.82) is 0 Å². The van der Waals surface area contributed by atoms with E-state index in [1.807, 2.05) is 42.5 Å². The van der Waals surface area contributed by atoms with E-state index in [0.29, 0.717) is 17.8 Å². The Bertz CT molecular complexity index is 901. The molecule has 0 saturated heterocycles. The molecule has 1 amide bonds. The van der Waals surface area contributed by atoms with Crippen LogP contribution in [0.4, 0.5) is 5.69 Å². The van der Waals surface area contributed by atoms with Crippen molar-refractivity contribution in [3.8, 4) is 0 Å². The molecule has 0 N–H and O–H groups in total. The van der Waals surface area contributed by atoms with Crippen molar-refractivity contribution in [3.05, 3.63) is 65.7 Å². The minimum absolute atomic E-state index is 0.265. The Morgan fingerprint density at radius 2 is 1.48 bits per heavy atom. The minimum atomic E-state index is -1.24. The Hall–Kier alpha value is -3.15. The van der Waals surface area contributed by atoms with E-state index in [9.17, 15) is 14.4 Å². The molecule has 2 aromatic rings. The van der Waals surface area contributed by atoms with Crippen LogP contribution in [0.25, 0.3) is 0 Å². The number of rotatable bonds is 4. The molecule has 27 heavy (non-hydrogen) atoms. The second-order valence-corrected chi connectivity index (χ2v) is 6.76. The van der Waals surface area contributed by atoms with E-state index in [-0.39, 0.29) is 5.91 Å². The average Bonchev–Trinajstić information content (AvgIpc) is 3.36. The monoisotopic (exact) mass is 365 g/mol. The second-order valence-electron chi connectivity index (χ2n) is 6.76. The van der Waals surface area contributed by atoms with E-state index in [1.54, 1.807) is 17.0 Å². The van der Waals surface area contributed by atoms with Crippen LogP contribution < -0.4 is 4.90 Å². The zero-order valence-corrected chi connectivity index (χ0v) is 15.0. The molecule has 0 radical (unpaired) electrons. The fourth-order valence-corrected chi connectivity index (χ4v) is 4.32. The fraction of sp³-hybridized carbons (Fsp3) is 0.286. The summed E-state index contributed by atoms with van der Waals surface area (Å²) < 4.78 is 9.77. The van der Waals surface area contributed by atoms with Crippen LogP contribution in [-0.2, 0) is 35.8 Å². The highest BCUT2D eigenvalue weighted by molar-refractivity contribution is 6.17. The van der Waals surface area contributed by atoms with E-state index in [2.05, 4.69) is 0 Å². The van der Waals surface area contributed by atoms with Gasteiger partial charge in [-0.1, -0.05) is 48.5 Å². The lowest BCUT2D eigenvalue weighted by molar-refractivity contribution is -0.148. The Morgan fingerprint density at radius 1 is 0.926 bits per heavy atom. The van der Waals surface area contributed by atoms with Crippen molar-refractivity contribution in [3.63, 3.8) is 0 Å². The van der Waals surface area contributed by atoms with Crippen molar-refractivity contribution in [2.45, 2.75) is 12.0 Å². The van der Waals surface area contributed by atoms with Crippen molar-refractivity contribution in [1.82, 2.24) is 0 Å². The number of esters is 2. The Balaban J connectivity index is 1.81. The number of amides is 1. The van der Waals surface area contributed by atoms with Gasteiger partial charge in [0.25, 0.3) is 0 Å². The number of carbonyl (C=O) groups is 3. The average molecular weight is 365 g/mol. The van der Waals surface area contributed by atoms with Crippen LogP contribution in [0.3, 0.4) is 0 Å². The largest absolute Gasteiger partial charge is 0.469 e. The summed E-state index contributed by atoms with van der Waals surface area (Å²) in [7, 11) is 2.52. The summed E-state index contributed by atoms with van der Waals surface area (Å²) in [5.74, 6) is -3.16. The molecule has 0 bridgehead atoms. The van der Waals surface area contributed by atoms with Gasteiger partial charge in [0.1, 0.15) is 5.41 Å². The highest BCUT2D eigenvalue weighted by atomic mass is 16.5. The highest BCUT2D eigenvalue weighted by Gasteiger charge is 2.81. The van der Waals surface area contributed by atoms with Crippen LogP contribution in [0.2, 0.25) is 0 Å². The van der Waals surface area contributed by atoms with Crippen molar-refractivity contribution in [2.24, 2.45) is 11.8 Å². The van der Waals surface area contributed by atoms with Crippen LogP contribution in [0, 0.1) is 11.8 Å². The number of ether oxygens (including phenoxy) is 2. The molecule has 1 aliphatic heterocycles. The molecule has 2 aliphatic rings. The summed E-state index contributed by atoms with van der Waals surface area (Å²) in [6, 6.07) is 16.9. The van der Waals surface area contributed by atoms with Gasteiger partial charge in [-0.15, -0.1) is 0 Å². The van der Waals surface area contributed by atoms with Crippen LogP contribution in [-0.4, -0.2) is 32.1 Å². The number of methoxy groups -OCH3 is 2. The third-order valence-corrected chi connectivity index (χ3v) is 5.54. The number of hydrogen-bond donors (Lipinski definition) is 0. The quantitative estimate of drug-likeness (QED) is 0.776. The zero-order chi connectivity index (χ0) is 19.2. The van der Waals surface area contributed by atoms with E-state index < -0.39 is 29.2 Å². The minimum Gasteiger partial charge on any atom is -0.469 e. The molecule has 6 heteroatoms. The van der Waals surface area contributed by atoms with Gasteiger partial charge >= 0.3 is 11.9 Å².